The van der Waals surface area contributed by atoms with Gasteiger partial charge in [-0.1, -0.05) is 18.2 Å². The number of aryl methyl sites for hydroxylation is 2. The summed E-state index contributed by atoms with van der Waals surface area (Å²) in [5.41, 5.74) is 8.45. The largest absolute Gasteiger partial charge is 0.464 e. The monoisotopic (exact) mass is 258 g/mol. The maximum absolute atomic E-state index is 5.98. The summed E-state index contributed by atoms with van der Waals surface area (Å²) in [6, 6.07) is 12.5. The van der Waals surface area contributed by atoms with Crippen molar-refractivity contribution in [3.63, 3.8) is 0 Å². The molecule has 1 atom stereocenters. The van der Waals surface area contributed by atoms with Crippen LogP contribution in [0.15, 0.2) is 40.8 Å². The van der Waals surface area contributed by atoms with E-state index in [1.807, 2.05) is 19.1 Å². The maximum atomic E-state index is 5.98. The molecular formula is C16H22N2O. The van der Waals surface area contributed by atoms with Crippen LogP contribution in [0.25, 0.3) is 0 Å². The SMILES string of the molecule is CCN(c1ccccc1C)C(CN)c1ccc(C)o1. The molecule has 0 bridgehead atoms. The van der Waals surface area contributed by atoms with Gasteiger partial charge in [0.1, 0.15) is 11.5 Å². The molecule has 2 N–H and O–H groups in total. The molecule has 2 aromatic rings. The first-order valence-corrected chi connectivity index (χ1v) is 6.76. The van der Waals surface area contributed by atoms with Crippen molar-refractivity contribution in [2.75, 3.05) is 18.0 Å². The Hall–Kier alpha value is -1.74. The van der Waals surface area contributed by atoms with Crippen molar-refractivity contribution in [2.24, 2.45) is 5.73 Å². The molecule has 0 aliphatic rings. The van der Waals surface area contributed by atoms with E-state index in [1.165, 1.54) is 11.3 Å². The quantitative estimate of drug-likeness (QED) is 0.893. The molecule has 0 saturated heterocycles. The number of benzene rings is 1. The molecule has 0 radical (unpaired) electrons. The molecule has 1 unspecified atom stereocenters. The summed E-state index contributed by atoms with van der Waals surface area (Å²) in [6.07, 6.45) is 0. The van der Waals surface area contributed by atoms with Gasteiger partial charge in [-0.25, -0.2) is 0 Å². The third kappa shape index (κ3) is 2.82. The van der Waals surface area contributed by atoms with Crippen LogP contribution in [-0.4, -0.2) is 13.1 Å². The lowest BCUT2D eigenvalue weighted by atomic mass is 10.1. The minimum Gasteiger partial charge on any atom is -0.464 e. The number of likely N-dealkylation sites (N-methyl/N-ethyl adjacent to an activating group) is 1. The number of anilines is 1. The number of rotatable bonds is 5. The third-order valence-corrected chi connectivity index (χ3v) is 3.45. The van der Waals surface area contributed by atoms with Crippen molar-refractivity contribution >= 4 is 5.69 Å². The van der Waals surface area contributed by atoms with Crippen molar-refractivity contribution in [3.05, 3.63) is 53.5 Å². The molecule has 3 nitrogen and oxygen atoms in total. The van der Waals surface area contributed by atoms with E-state index in [1.54, 1.807) is 0 Å². The van der Waals surface area contributed by atoms with Gasteiger partial charge in [0.15, 0.2) is 0 Å². The van der Waals surface area contributed by atoms with E-state index in [9.17, 15) is 0 Å². The molecule has 0 fully saturated rings. The smallest absolute Gasteiger partial charge is 0.127 e. The number of para-hydroxylation sites is 1. The Kier molecular flexibility index (Phi) is 4.27. The summed E-state index contributed by atoms with van der Waals surface area (Å²) in [7, 11) is 0. The molecule has 0 saturated carbocycles. The zero-order chi connectivity index (χ0) is 13.8. The van der Waals surface area contributed by atoms with Crippen LogP contribution in [0.4, 0.5) is 5.69 Å². The zero-order valence-corrected chi connectivity index (χ0v) is 11.9. The van der Waals surface area contributed by atoms with Crippen LogP contribution in [0.1, 0.15) is 30.0 Å². The highest BCUT2D eigenvalue weighted by atomic mass is 16.3. The normalized spacial score (nSPS) is 12.4. The number of hydrogen-bond donors (Lipinski definition) is 1. The summed E-state index contributed by atoms with van der Waals surface area (Å²) >= 11 is 0. The van der Waals surface area contributed by atoms with Crippen LogP contribution in [0, 0.1) is 13.8 Å². The Bertz CT molecular complexity index is 533. The van der Waals surface area contributed by atoms with Gasteiger partial charge in [-0.15, -0.1) is 0 Å². The van der Waals surface area contributed by atoms with Gasteiger partial charge in [-0.05, 0) is 44.5 Å². The highest BCUT2D eigenvalue weighted by Crippen LogP contribution is 2.29. The Balaban J connectivity index is 2.37. The van der Waals surface area contributed by atoms with E-state index in [4.69, 9.17) is 10.2 Å². The van der Waals surface area contributed by atoms with E-state index >= 15 is 0 Å². The van der Waals surface area contributed by atoms with Gasteiger partial charge in [-0.3, -0.25) is 0 Å². The van der Waals surface area contributed by atoms with Gasteiger partial charge < -0.3 is 15.1 Å². The maximum Gasteiger partial charge on any atom is 0.127 e. The van der Waals surface area contributed by atoms with Gasteiger partial charge >= 0.3 is 0 Å². The van der Waals surface area contributed by atoms with E-state index in [2.05, 4.69) is 43.0 Å². The first kappa shape index (κ1) is 13.7. The first-order chi connectivity index (χ1) is 9.17. The first-order valence-electron chi connectivity index (χ1n) is 6.76. The molecule has 0 aliphatic heterocycles. The van der Waals surface area contributed by atoms with Crippen molar-refractivity contribution in [3.8, 4) is 0 Å². The molecule has 3 heteroatoms. The minimum absolute atomic E-state index is 0.0831. The van der Waals surface area contributed by atoms with E-state index in [-0.39, 0.29) is 6.04 Å². The average molecular weight is 258 g/mol. The number of hydrogen-bond acceptors (Lipinski definition) is 3. The Morgan fingerprint density at radius 3 is 2.42 bits per heavy atom. The van der Waals surface area contributed by atoms with E-state index in [0.717, 1.165) is 18.1 Å². The van der Waals surface area contributed by atoms with Gasteiger partial charge in [-0.2, -0.15) is 0 Å². The molecule has 1 heterocycles. The van der Waals surface area contributed by atoms with Crippen LogP contribution in [0.3, 0.4) is 0 Å². The zero-order valence-electron chi connectivity index (χ0n) is 11.9. The number of nitrogens with two attached hydrogens (primary N) is 1. The van der Waals surface area contributed by atoms with Gasteiger partial charge in [0.2, 0.25) is 0 Å². The highest BCUT2D eigenvalue weighted by Gasteiger charge is 2.22. The topological polar surface area (TPSA) is 42.4 Å². The fourth-order valence-corrected chi connectivity index (χ4v) is 2.47. The summed E-state index contributed by atoms with van der Waals surface area (Å²) < 4.78 is 5.76. The molecule has 0 aliphatic carbocycles. The lowest BCUT2D eigenvalue weighted by Crippen LogP contribution is -2.33. The second-order valence-electron chi connectivity index (χ2n) is 4.77. The van der Waals surface area contributed by atoms with Gasteiger partial charge in [0.25, 0.3) is 0 Å². The highest BCUT2D eigenvalue weighted by molar-refractivity contribution is 5.54. The fraction of sp³-hybridized carbons (Fsp3) is 0.375. The van der Waals surface area contributed by atoms with Crippen molar-refractivity contribution in [1.82, 2.24) is 0 Å². The van der Waals surface area contributed by atoms with Crippen LogP contribution in [0.5, 0.6) is 0 Å². The van der Waals surface area contributed by atoms with Crippen LogP contribution < -0.4 is 10.6 Å². The van der Waals surface area contributed by atoms with E-state index < -0.39 is 0 Å². The summed E-state index contributed by atoms with van der Waals surface area (Å²) in [4.78, 5) is 2.30. The van der Waals surface area contributed by atoms with E-state index in [0.29, 0.717) is 6.54 Å². The summed E-state index contributed by atoms with van der Waals surface area (Å²) in [6.45, 7) is 7.66. The van der Waals surface area contributed by atoms with Gasteiger partial charge in [0.05, 0.1) is 6.04 Å². The predicted octanol–water partition coefficient (Wildman–Crippen LogP) is 3.42. The molecule has 0 spiro atoms. The van der Waals surface area contributed by atoms with Crippen molar-refractivity contribution in [1.29, 1.82) is 0 Å². The molecule has 1 aromatic carbocycles. The fourth-order valence-electron chi connectivity index (χ4n) is 2.47. The molecule has 19 heavy (non-hydrogen) atoms. The Morgan fingerprint density at radius 1 is 1.16 bits per heavy atom. The van der Waals surface area contributed by atoms with Crippen LogP contribution >= 0.6 is 0 Å². The second-order valence-corrected chi connectivity index (χ2v) is 4.77. The summed E-state index contributed by atoms with van der Waals surface area (Å²) in [5, 5.41) is 0. The summed E-state index contributed by atoms with van der Waals surface area (Å²) in [5.74, 6) is 1.86. The Labute approximate surface area is 115 Å². The molecule has 2 rings (SSSR count). The third-order valence-electron chi connectivity index (χ3n) is 3.45. The van der Waals surface area contributed by atoms with Crippen molar-refractivity contribution in [2.45, 2.75) is 26.8 Å². The lowest BCUT2D eigenvalue weighted by molar-refractivity contribution is 0.435. The van der Waals surface area contributed by atoms with Crippen molar-refractivity contribution < 1.29 is 4.42 Å². The van der Waals surface area contributed by atoms with Crippen LogP contribution in [0.2, 0.25) is 0 Å². The van der Waals surface area contributed by atoms with Crippen LogP contribution in [-0.2, 0) is 0 Å². The Morgan fingerprint density at radius 2 is 1.89 bits per heavy atom. The number of furan rings is 1. The molecule has 1 aromatic heterocycles. The lowest BCUT2D eigenvalue weighted by Gasteiger charge is -2.31. The average Bonchev–Trinajstić information content (AvgIpc) is 2.83. The molecular weight excluding hydrogens is 236 g/mol. The number of nitrogens with zero attached hydrogens (tertiary/aromatic N) is 1. The minimum atomic E-state index is 0.0831. The molecule has 0 amide bonds. The molecule has 102 valence electrons. The predicted molar refractivity (Wildman–Crippen MR) is 79.4 cm³/mol. The standard InChI is InChI=1S/C16H22N2O/c1-4-18(14-8-6-5-7-12(14)2)15(11-17)16-10-9-13(3)19-16/h5-10,15H,4,11,17H2,1-3H3. The second kappa shape index (κ2) is 5.93. The van der Waals surface area contributed by atoms with Gasteiger partial charge in [0, 0.05) is 18.8 Å².